The summed E-state index contributed by atoms with van der Waals surface area (Å²) in [5, 5.41) is 2.19. The van der Waals surface area contributed by atoms with Crippen molar-refractivity contribution in [2.45, 2.75) is 37.2 Å². The molecule has 2 fully saturated rings. The molecule has 2 atom stereocenters. The molecule has 2 unspecified atom stereocenters. The number of amides is 1. The number of aromatic nitrogens is 2. The Labute approximate surface area is 205 Å². The lowest BCUT2D eigenvalue weighted by molar-refractivity contribution is -0.146. The Bertz CT molecular complexity index is 1250. The summed E-state index contributed by atoms with van der Waals surface area (Å²) in [5.41, 5.74) is 4.23. The predicted octanol–water partition coefficient (Wildman–Crippen LogP) is 3.89. The molecule has 1 saturated carbocycles. The van der Waals surface area contributed by atoms with E-state index < -0.39 is 78.3 Å². The fourth-order valence-electron chi connectivity index (χ4n) is 3.64. The molecule has 0 spiro atoms. The number of hydrogen-bond donors (Lipinski definition) is 2. The number of nitrogens with one attached hydrogen (secondary N) is 1. The Kier molecular flexibility index (Phi) is 7.13. The summed E-state index contributed by atoms with van der Waals surface area (Å²) in [4.78, 5) is 32.9. The quantitative estimate of drug-likeness (QED) is 0.230. The van der Waals surface area contributed by atoms with Gasteiger partial charge in [0.25, 0.3) is 17.8 Å². The number of alkyl halides is 4. The van der Waals surface area contributed by atoms with Gasteiger partial charge in [0, 0.05) is 18.4 Å². The highest BCUT2D eigenvalue weighted by molar-refractivity contribution is 6.44. The normalized spacial score (nSPS) is 22.3. The molecule has 8 nitrogen and oxygen atoms in total. The molecule has 0 bridgehead atoms. The molecule has 14 heteroatoms. The molecule has 2 aromatic rings. The fourth-order valence-corrected chi connectivity index (χ4v) is 3.64. The van der Waals surface area contributed by atoms with E-state index in [1.807, 2.05) is 0 Å². The molecule has 1 amide bonds. The number of nitrogens with zero attached hydrogens (tertiary/aromatic N) is 2. The van der Waals surface area contributed by atoms with Crippen LogP contribution in [0, 0.1) is 17.6 Å². The molecule has 1 aliphatic carbocycles. The number of hydrogen-bond acceptors (Lipinski definition) is 7. The average Bonchev–Trinajstić information content (AvgIpc) is 3.45. The number of halogens is 6. The van der Waals surface area contributed by atoms with E-state index in [-0.39, 0.29) is 29.9 Å². The van der Waals surface area contributed by atoms with Gasteiger partial charge in [-0.25, -0.2) is 36.3 Å². The smallest absolute Gasteiger partial charge is 0.296 e. The van der Waals surface area contributed by atoms with Crippen LogP contribution in [0.2, 0.25) is 0 Å². The number of benzene rings is 1. The summed E-state index contributed by atoms with van der Waals surface area (Å²) in [6.45, 7) is -1.41. The van der Waals surface area contributed by atoms with Gasteiger partial charge < -0.3 is 20.5 Å². The molecular weight excluding hydrogens is 510 g/mol. The Morgan fingerprint density at radius 2 is 1.95 bits per heavy atom. The monoisotopic (exact) mass is 530 g/mol. The maximum atomic E-state index is 14.6. The van der Waals surface area contributed by atoms with E-state index in [4.69, 9.17) is 15.2 Å². The zero-order valence-electron chi connectivity index (χ0n) is 18.9. The molecule has 1 aliphatic heterocycles. The summed E-state index contributed by atoms with van der Waals surface area (Å²) in [6, 6.07) is 2.44. The summed E-state index contributed by atoms with van der Waals surface area (Å²) in [7, 11) is 0. The molecule has 3 N–H and O–H groups in total. The molecule has 2 heterocycles. The van der Waals surface area contributed by atoms with Crippen molar-refractivity contribution < 1.29 is 45.4 Å². The third kappa shape index (κ3) is 6.18. The third-order valence-corrected chi connectivity index (χ3v) is 5.78. The first kappa shape index (κ1) is 26.4. The van der Waals surface area contributed by atoms with Crippen molar-refractivity contribution in [3.05, 3.63) is 53.8 Å². The number of anilines is 1. The van der Waals surface area contributed by atoms with Crippen LogP contribution >= 0.6 is 0 Å². The molecule has 4 rings (SSSR count). The summed E-state index contributed by atoms with van der Waals surface area (Å²) in [5.74, 6) is -12.0. The van der Waals surface area contributed by atoms with Crippen LogP contribution in [0.25, 0.3) is 11.3 Å². The van der Waals surface area contributed by atoms with Gasteiger partial charge >= 0.3 is 0 Å². The standard InChI is InChI=1S/C23H20F6N4O4/c24-12-1-2-14(25)13(5-12)18-20(19(32-10-31-18)16-3-4-22(26,27)9-37-16)33-21(35)15(34)6-17(30)36-8-11-7-23(11,28)29/h1-2,5-6,10-11,16H,3-4,7-9,30H2,(H,33,35)/b17-6+. The lowest BCUT2D eigenvalue weighted by Crippen LogP contribution is -2.32. The summed E-state index contributed by atoms with van der Waals surface area (Å²) in [6.07, 6.45) is -0.790. The van der Waals surface area contributed by atoms with Crippen molar-refractivity contribution in [1.29, 1.82) is 0 Å². The lowest BCUT2D eigenvalue weighted by atomic mass is 10.00. The van der Waals surface area contributed by atoms with Crippen molar-refractivity contribution in [2.75, 3.05) is 18.5 Å². The van der Waals surface area contributed by atoms with Crippen molar-refractivity contribution in [1.82, 2.24) is 9.97 Å². The minimum atomic E-state index is -3.09. The highest BCUT2D eigenvalue weighted by atomic mass is 19.3. The number of ether oxygens (including phenoxy) is 2. The zero-order valence-corrected chi connectivity index (χ0v) is 18.9. The van der Waals surface area contributed by atoms with Gasteiger partial charge in [-0.1, -0.05) is 0 Å². The van der Waals surface area contributed by atoms with E-state index >= 15 is 0 Å². The number of nitrogens with two attached hydrogens (primary N) is 1. The topological polar surface area (TPSA) is 116 Å². The van der Waals surface area contributed by atoms with Crippen molar-refractivity contribution in [2.24, 2.45) is 11.7 Å². The minimum absolute atomic E-state index is 0.144. The highest BCUT2D eigenvalue weighted by Gasteiger charge is 2.57. The molecule has 37 heavy (non-hydrogen) atoms. The van der Waals surface area contributed by atoms with Gasteiger partial charge in [-0.05, 0) is 24.6 Å². The van der Waals surface area contributed by atoms with E-state index in [2.05, 4.69) is 15.3 Å². The van der Waals surface area contributed by atoms with Crippen LogP contribution in [-0.2, 0) is 19.1 Å². The van der Waals surface area contributed by atoms with Gasteiger partial charge in [-0.2, -0.15) is 0 Å². The second-order valence-corrected chi connectivity index (χ2v) is 8.64. The van der Waals surface area contributed by atoms with Crippen LogP contribution in [0.5, 0.6) is 0 Å². The van der Waals surface area contributed by atoms with E-state index in [0.717, 1.165) is 24.5 Å². The first-order valence-electron chi connectivity index (χ1n) is 11.0. The number of ketones is 1. The number of carbonyl (C=O) groups excluding carboxylic acids is 2. The van der Waals surface area contributed by atoms with Crippen molar-refractivity contribution >= 4 is 17.4 Å². The first-order valence-corrected chi connectivity index (χ1v) is 11.0. The fraction of sp³-hybridized carbons (Fsp3) is 0.391. The number of carbonyl (C=O) groups is 2. The van der Waals surface area contributed by atoms with Crippen LogP contribution in [0.1, 0.15) is 31.1 Å². The zero-order chi connectivity index (χ0) is 27.0. The molecule has 2 aliphatic rings. The highest BCUT2D eigenvalue weighted by Crippen LogP contribution is 2.48. The van der Waals surface area contributed by atoms with Gasteiger partial charge in [-0.3, -0.25) is 9.59 Å². The van der Waals surface area contributed by atoms with E-state index in [0.29, 0.717) is 6.08 Å². The van der Waals surface area contributed by atoms with Crippen LogP contribution in [0.3, 0.4) is 0 Å². The minimum Gasteiger partial charge on any atom is -0.479 e. The van der Waals surface area contributed by atoms with E-state index in [9.17, 15) is 35.9 Å². The van der Waals surface area contributed by atoms with Crippen molar-refractivity contribution in [3.8, 4) is 11.3 Å². The van der Waals surface area contributed by atoms with Gasteiger partial charge in [0.1, 0.15) is 36.4 Å². The van der Waals surface area contributed by atoms with Gasteiger partial charge in [0.2, 0.25) is 5.78 Å². The van der Waals surface area contributed by atoms with Crippen LogP contribution < -0.4 is 11.1 Å². The van der Waals surface area contributed by atoms with Gasteiger partial charge in [-0.15, -0.1) is 0 Å². The first-order chi connectivity index (χ1) is 17.4. The second-order valence-electron chi connectivity index (χ2n) is 8.64. The number of rotatable bonds is 8. The molecular formula is C23H20F6N4O4. The van der Waals surface area contributed by atoms with Crippen LogP contribution in [0.15, 0.2) is 36.5 Å². The predicted molar refractivity (Wildman–Crippen MR) is 115 cm³/mol. The third-order valence-electron chi connectivity index (χ3n) is 5.78. The molecule has 198 valence electrons. The molecule has 0 radical (unpaired) electrons. The molecule has 1 aromatic heterocycles. The summed E-state index contributed by atoms with van der Waals surface area (Å²) < 4.78 is 91.6. The van der Waals surface area contributed by atoms with Gasteiger partial charge in [0.15, 0.2) is 5.88 Å². The Balaban J connectivity index is 1.61. The largest absolute Gasteiger partial charge is 0.479 e. The van der Waals surface area contributed by atoms with E-state index in [1.165, 1.54) is 0 Å². The second kappa shape index (κ2) is 10.00. The Morgan fingerprint density at radius 3 is 2.59 bits per heavy atom. The van der Waals surface area contributed by atoms with E-state index in [1.54, 1.807) is 0 Å². The maximum Gasteiger partial charge on any atom is 0.296 e. The van der Waals surface area contributed by atoms with Gasteiger partial charge in [0.05, 0.1) is 30.0 Å². The summed E-state index contributed by atoms with van der Waals surface area (Å²) >= 11 is 0. The average molecular weight is 530 g/mol. The maximum absolute atomic E-state index is 14.6. The lowest BCUT2D eigenvalue weighted by Gasteiger charge is -2.29. The SMILES string of the molecule is N/C(=C\C(=O)C(=O)Nc1c(-c2cc(F)ccc2F)ncnc1C1CCC(F)(F)CO1)OCC1CC1(F)F. The molecule has 1 aromatic carbocycles. The van der Waals surface area contributed by atoms with Crippen LogP contribution in [0.4, 0.5) is 32.0 Å². The Morgan fingerprint density at radius 1 is 1.22 bits per heavy atom. The van der Waals surface area contributed by atoms with Crippen LogP contribution in [-0.4, -0.2) is 46.7 Å². The Hall–Kier alpha value is -3.68. The molecule has 1 saturated heterocycles. The van der Waals surface area contributed by atoms with Crippen molar-refractivity contribution in [3.63, 3.8) is 0 Å².